The lowest BCUT2D eigenvalue weighted by Gasteiger charge is -2.03. The molecule has 1 aromatic carbocycles. The molecule has 1 heterocycles. The molecular formula is C10H8F3N3O. The van der Waals surface area contributed by atoms with Crippen LogP contribution in [0.2, 0.25) is 0 Å². The van der Waals surface area contributed by atoms with Crippen molar-refractivity contribution in [2.75, 3.05) is 0 Å². The zero-order valence-electron chi connectivity index (χ0n) is 8.73. The fraction of sp³-hybridized carbons (Fsp3) is 0.200. The van der Waals surface area contributed by atoms with E-state index in [-0.39, 0.29) is 11.4 Å². The molecule has 0 fully saturated rings. The molecule has 0 aliphatic carbocycles. The van der Waals surface area contributed by atoms with E-state index in [1.54, 1.807) is 0 Å². The van der Waals surface area contributed by atoms with Crippen LogP contribution in [0.3, 0.4) is 0 Å². The van der Waals surface area contributed by atoms with Crippen molar-refractivity contribution in [3.8, 4) is 5.69 Å². The van der Waals surface area contributed by atoms with E-state index in [2.05, 4.69) is 10.3 Å². The number of rotatable bonds is 2. The van der Waals surface area contributed by atoms with Crippen LogP contribution < -0.4 is 0 Å². The van der Waals surface area contributed by atoms with Gasteiger partial charge in [-0.15, -0.1) is 5.10 Å². The number of aliphatic hydroxyl groups is 1. The lowest BCUT2D eigenvalue weighted by molar-refractivity contribution is 0.194. The van der Waals surface area contributed by atoms with Crippen LogP contribution in [0, 0.1) is 17.5 Å². The molecule has 2 aromatic rings. The van der Waals surface area contributed by atoms with Crippen LogP contribution in [0.15, 0.2) is 18.3 Å². The van der Waals surface area contributed by atoms with Gasteiger partial charge >= 0.3 is 0 Å². The average Bonchev–Trinajstić information content (AvgIpc) is 2.75. The van der Waals surface area contributed by atoms with Gasteiger partial charge in [0.05, 0.1) is 12.3 Å². The molecule has 0 radical (unpaired) electrons. The minimum Gasteiger partial charge on any atom is -0.387 e. The van der Waals surface area contributed by atoms with Crippen LogP contribution in [0.5, 0.6) is 0 Å². The monoisotopic (exact) mass is 243 g/mol. The van der Waals surface area contributed by atoms with Crippen molar-refractivity contribution < 1.29 is 18.3 Å². The first-order valence-electron chi connectivity index (χ1n) is 4.75. The molecule has 4 nitrogen and oxygen atoms in total. The predicted octanol–water partition coefficient (Wildman–Crippen LogP) is 1.74. The van der Waals surface area contributed by atoms with Crippen LogP contribution in [0.4, 0.5) is 13.2 Å². The summed E-state index contributed by atoms with van der Waals surface area (Å²) >= 11 is 0. The molecule has 0 bridgehead atoms. The van der Waals surface area contributed by atoms with Crippen LogP contribution in [-0.2, 0) is 0 Å². The van der Waals surface area contributed by atoms with Crippen molar-refractivity contribution in [1.82, 2.24) is 15.0 Å². The molecule has 0 aliphatic heterocycles. The highest BCUT2D eigenvalue weighted by atomic mass is 19.2. The van der Waals surface area contributed by atoms with Crippen LogP contribution in [0.1, 0.15) is 18.7 Å². The zero-order valence-corrected chi connectivity index (χ0v) is 8.73. The Kier molecular flexibility index (Phi) is 2.84. The van der Waals surface area contributed by atoms with Gasteiger partial charge in [-0.1, -0.05) is 5.21 Å². The Bertz CT molecular complexity index is 554. The van der Waals surface area contributed by atoms with E-state index in [9.17, 15) is 18.3 Å². The second-order valence-corrected chi connectivity index (χ2v) is 3.46. The number of hydrogen-bond acceptors (Lipinski definition) is 3. The Morgan fingerprint density at radius 3 is 2.53 bits per heavy atom. The summed E-state index contributed by atoms with van der Waals surface area (Å²) in [6, 6.07) is 1.83. The van der Waals surface area contributed by atoms with E-state index in [0.717, 1.165) is 16.8 Å². The van der Waals surface area contributed by atoms with Gasteiger partial charge in [-0.25, -0.2) is 17.9 Å². The smallest absolute Gasteiger partial charge is 0.196 e. The first-order valence-corrected chi connectivity index (χ1v) is 4.75. The molecule has 0 aliphatic rings. The van der Waals surface area contributed by atoms with Gasteiger partial charge in [0.1, 0.15) is 11.4 Å². The molecular weight excluding hydrogens is 235 g/mol. The highest BCUT2D eigenvalue weighted by Crippen LogP contribution is 2.19. The van der Waals surface area contributed by atoms with Crippen molar-refractivity contribution >= 4 is 0 Å². The third kappa shape index (κ3) is 2.01. The van der Waals surface area contributed by atoms with E-state index < -0.39 is 23.6 Å². The highest BCUT2D eigenvalue weighted by Gasteiger charge is 2.16. The van der Waals surface area contributed by atoms with Gasteiger partial charge in [0.25, 0.3) is 0 Å². The number of hydrogen-bond donors (Lipinski definition) is 1. The van der Waals surface area contributed by atoms with Crippen molar-refractivity contribution in [2.24, 2.45) is 0 Å². The Morgan fingerprint density at radius 2 is 1.94 bits per heavy atom. The molecule has 7 heteroatoms. The van der Waals surface area contributed by atoms with Gasteiger partial charge in [-0.2, -0.15) is 0 Å². The summed E-state index contributed by atoms with van der Waals surface area (Å²) in [5.41, 5.74) is -0.0718. The summed E-state index contributed by atoms with van der Waals surface area (Å²) < 4.78 is 40.0. The first-order chi connectivity index (χ1) is 8.00. The van der Waals surface area contributed by atoms with Gasteiger partial charge < -0.3 is 5.11 Å². The van der Waals surface area contributed by atoms with Crippen molar-refractivity contribution in [2.45, 2.75) is 13.0 Å². The topological polar surface area (TPSA) is 50.9 Å². The maximum absolute atomic E-state index is 13.4. The largest absolute Gasteiger partial charge is 0.387 e. The van der Waals surface area contributed by atoms with Gasteiger partial charge in [0, 0.05) is 0 Å². The number of benzene rings is 1. The molecule has 0 spiro atoms. The quantitative estimate of drug-likeness (QED) is 0.817. The fourth-order valence-electron chi connectivity index (χ4n) is 1.28. The van der Waals surface area contributed by atoms with Crippen LogP contribution in [0.25, 0.3) is 5.69 Å². The van der Waals surface area contributed by atoms with E-state index in [0.29, 0.717) is 0 Å². The minimum absolute atomic E-state index is 0.203. The summed E-state index contributed by atoms with van der Waals surface area (Å²) in [5, 5.41) is 16.3. The molecule has 1 unspecified atom stereocenters. The molecule has 1 N–H and O–H groups in total. The maximum atomic E-state index is 13.4. The predicted molar refractivity (Wildman–Crippen MR) is 51.9 cm³/mol. The van der Waals surface area contributed by atoms with Crippen molar-refractivity contribution in [3.63, 3.8) is 0 Å². The Morgan fingerprint density at radius 1 is 1.24 bits per heavy atom. The van der Waals surface area contributed by atoms with Gasteiger partial charge in [-0.05, 0) is 19.1 Å². The molecule has 1 aromatic heterocycles. The molecule has 2 rings (SSSR count). The summed E-state index contributed by atoms with van der Waals surface area (Å²) in [6.07, 6.45) is 0.359. The molecule has 90 valence electrons. The number of aromatic nitrogens is 3. The Balaban J connectivity index is 2.49. The summed E-state index contributed by atoms with van der Waals surface area (Å²) in [7, 11) is 0. The molecule has 0 saturated heterocycles. The number of halogens is 3. The lowest BCUT2D eigenvalue weighted by Crippen LogP contribution is -2.02. The fourth-order valence-corrected chi connectivity index (χ4v) is 1.28. The highest BCUT2D eigenvalue weighted by molar-refractivity contribution is 5.33. The summed E-state index contributed by atoms with van der Waals surface area (Å²) in [6.45, 7) is 1.45. The van der Waals surface area contributed by atoms with E-state index in [4.69, 9.17) is 0 Å². The number of aliphatic hydroxyl groups excluding tert-OH is 1. The second-order valence-electron chi connectivity index (χ2n) is 3.46. The SMILES string of the molecule is CC(O)c1cn(-c2ccc(F)c(F)c2F)nn1. The third-order valence-corrected chi connectivity index (χ3v) is 2.20. The maximum Gasteiger partial charge on any atom is 0.196 e. The van der Waals surface area contributed by atoms with Crippen LogP contribution >= 0.6 is 0 Å². The number of nitrogens with zero attached hydrogens (tertiary/aromatic N) is 3. The molecule has 0 amide bonds. The molecule has 17 heavy (non-hydrogen) atoms. The van der Waals surface area contributed by atoms with Crippen LogP contribution in [-0.4, -0.2) is 20.1 Å². The zero-order chi connectivity index (χ0) is 12.6. The summed E-state index contributed by atoms with van der Waals surface area (Å²) in [4.78, 5) is 0. The normalized spacial score (nSPS) is 12.8. The first kappa shape index (κ1) is 11.6. The lowest BCUT2D eigenvalue weighted by atomic mass is 10.2. The van der Waals surface area contributed by atoms with E-state index in [1.807, 2.05) is 0 Å². The van der Waals surface area contributed by atoms with E-state index in [1.165, 1.54) is 13.1 Å². The standard InChI is InChI=1S/C10H8F3N3O/c1-5(17)7-4-16(15-14-7)8-3-2-6(11)9(12)10(8)13/h2-5,17H,1H3. The summed E-state index contributed by atoms with van der Waals surface area (Å²) in [5.74, 6) is -4.20. The van der Waals surface area contributed by atoms with Gasteiger partial charge in [0.15, 0.2) is 17.5 Å². The van der Waals surface area contributed by atoms with Gasteiger partial charge in [-0.3, -0.25) is 0 Å². The third-order valence-electron chi connectivity index (χ3n) is 2.20. The Labute approximate surface area is 94.3 Å². The van der Waals surface area contributed by atoms with Crippen molar-refractivity contribution in [3.05, 3.63) is 41.5 Å². The Hall–Kier alpha value is -1.89. The average molecular weight is 243 g/mol. The molecule has 1 atom stereocenters. The minimum atomic E-state index is -1.57. The van der Waals surface area contributed by atoms with E-state index >= 15 is 0 Å². The molecule has 0 saturated carbocycles. The van der Waals surface area contributed by atoms with Crippen molar-refractivity contribution in [1.29, 1.82) is 0 Å². The second kappa shape index (κ2) is 4.17. The van der Waals surface area contributed by atoms with Gasteiger partial charge in [0.2, 0.25) is 0 Å².